The van der Waals surface area contributed by atoms with E-state index in [0.29, 0.717) is 24.0 Å². The summed E-state index contributed by atoms with van der Waals surface area (Å²) in [6.07, 6.45) is 22.4. The number of anilines is 2. The van der Waals surface area contributed by atoms with Gasteiger partial charge in [0.25, 0.3) is 22.9 Å². The molecular weight excluding hydrogens is 1230 g/mol. The molecule has 0 bridgehead atoms. The molecule has 0 unspecified atom stereocenters. The van der Waals surface area contributed by atoms with Gasteiger partial charge in [0.2, 0.25) is 0 Å². The molecule has 0 saturated carbocycles. The van der Waals surface area contributed by atoms with Gasteiger partial charge in [-0.05, 0) is 73.2 Å². The molecule has 22 heteroatoms. The molecule has 4 heterocycles. The van der Waals surface area contributed by atoms with Gasteiger partial charge < -0.3 is 31.1 Å². The summed E-state index contributed by atoms with van der Waals surface area (Å²) in [6.45, 7) is 4.40. The number of nitrogens with zero attached hydrogens (tertiary/aromatic N) is 4. The standard InChI is InChI=1S/C65H74Cl6N8O8/c1-3-5-7-9-11-13-15-17-19-21-25-40-27-23-29-44(56(40)76-52(80)31-32-53(76)81)62(84)72-60-46(64(86)78(74-60)58-48(68)35-42(66)36-49(58)69)39-47-61(75-79(65(47)87)59-50(70)37-43(67)38-51(59)71)73-63(85)45-30-24-28-41(57(45)77-54(82)33-34-55(77)83)26-22-20-18-16-14-12-10-8-6-4-2/h23-24,27-38,74-75,80-83H,3-22,25-26,39H2,1-2H3,(H,72,84)(H,73,85). The molecule has 0 atom stereocenters. The zero-order valence-corrected chi connectivity index (χ0v) is 53.4. The molecule has 4 aromatic carbocycles. The van der Waals surface area contributed by atoms with Gasteiger partial charge in [0, 0.05) is 40.7 Å². The fraction of sp³-hybridized carbons (Fsp3) is 0.385. The zero-order chi connectivity index (χ0) is 62.3. The fourth-order valence-corrected chi connectivity index (χ4v) is 13.2. The number of aromatic amines is 2. The molecule has 0 aliphatic heterocycles. The lowest BCUT2D eigenvalue weighted by molar-refractivity contribution is 0.101. The van der Waals surface area contributed by atoms with Gasteiger partial charge in [-0.25, -0.2) is 9.36 Å². The summed E-state index contributed by atoms with van der Waals surface area (Å²) in [5.74, 6) is -3.43. The van der Waals surface area contributed by atoms with Crippen LogP contribution in [0, 0.1) is 0 Å². The number of carbonyl (C=O) groups is 2. The Morgan fingerprint density at radius 2 is 0.724 bits per heavy atom. The molecule has 0 aliphatic rings. The van der Waals surface area contributed by atoms with Crippen molar-refractivity contribution < 1.29 is 30.0 Å². The largest absolute Gasteiger partial charge is 0.494 e. The van der Waals surface area contributed by atoms with Gasteiger partial charge in [-0.3, -0.25) is 38.5 Å². The maximum atomic E-state index is 15.2. The third-order valence-electron chi connectivity index (χ3n) is 15.7. The van der Waals surface area contributed by atoms with Crippen molar-refractivity contribution in [2.24, 2.45) is 0 Å². The number of hydrogen-bond acceptors (Lipinski definition) is 8. The average Bonchev–Trinajstić information content (AvgIpc) is 1.90. The number of para-hydroxylation sites is 2. The Morgan fingerprint density at radius 3 is 1.03 bits per heavy atom. The van der Waals surface area contributed by atoms with E-state index in [0.717, 1.165) is 73.6 Å². The Kier molecular flexibility index (Phi) is 24.0. The van der Waals surface area contributed by atoms with Crippen molar-refractivity contribution in [3.8, 4) is 46.3 Å². The van der Waals surface area contributed by atoms with Crippen LogP contribution in [0.5, 0.6) is 23.5 Å². The number of aromatic nitrogens is 6. The van der Waals surface area contributed by atoms with Crippen molar-refractivity contribution in [3.63, 3.8) is 0 Å². The van der Waals surface area contributed by atoms with Crippen LogP contribution in [-0.4, -0.2) is 60.9 Å². The van der Waals surface area contributed by atoms with E-state index in [1.165, 1.54) is 134 Å². The van der Waals surface area contributed by atoms with E-state index in [2.05, 4.69) is 34.7 Å². The van der Waals surface area contributed by atoms with Crippen LogP contribution >= 0.6 is 69.6 Å². The van der Waals surface area contributed by atoms with E-state index >= 15 is 19.2 Å². The lowest BCUT2D eigenvalue weighted by Crippen LogP contribution is -2.23. The number of nitrogens with one attached hydrogen (secondary N) is 4. The average molecular weight is 1310 g/mol. The summed E-state index contributed by atoms with van der Waals surface area (Å²) in [7, 11) is 0. The highest BCUT2D eigenvalue weighted by atomic mass is 35.5. The Bertz CT molecular complexity index is 3490. The summed E-state index contributed by atoms with van der Waals surface area (Å²) in [5, 5.41) is 56.4. The fourth-order valence-electron chi connectivity index (χ4n) is 11.2. The Hall–Kier alpha value is -6.66. The van der Waals surface area contributed by atoms with Gasteiger partial charge in [0.1, 0.15) is 23.0 Å². The lowest BCUT2D eigenvalue weighted by atomic mass is 9.99. The van der Waals surface area contributed by atoms with Crippen LogP contribution in [0.4, 0.5) is 11.6 Å². The highest BCUT2D eigenvalue weighted by Crippen LogP contribution is 2.38. The van der Waals surface area contributed by atoms with Crippen molar-refractivity contribution in [3.05, 3.63) is 169 Å². The summed E-state index contributed by atoms with van der Waals surface area (Å²) in [5.41, 5.74) is -0.605. The van der Waals surface area contributed by atoms with Gasteiger partial charge in [-0.15, -0.1) is 0 Å². The zero-order valence-electron chi connectivity index (χ0n) is 48.8. The topological polar surface area (TPSA) is 225 Å². The first-order chi connectivity index (χ1) is 41.9. The number of aromatic hydroxyl groups is 4. The third kappa shape index (κ3) is 16.2. The number of hydrogen-bond donors (Lipinski definition) is 8. The number of halogens is 6. The number of unbranched alkanes of at least 4 members (excludes halogenated alkanes) is 18. The molecule has 4 aromatic heterocycles. The predicted octanol–water partition coefficient (Wildman–Crippen LogP) is 18.0. The molecule has 87 heavy (non-hydrogen) atoms. The Morgan fingerprint density at radius 1 is 0.425 bits per heavy atom. The molecule has 8 rings (SSSR count). The first-order valence-electron chi connectivity index (χ1n) is 30.0. The van der Waals surface area contributed by atoms with Gasteiger partial charge in [0.15, 0.2) is 23.5 Å². The summed E-state index contributed by atoms with van der Waals surface area (Å²) in [6, 6.07) is 20.7. The van der Waals surface area contributed by atoms with Crippen LogP contribution < -0.4 is 21.8 Å². The summed E-state index contributed by atoms with van der Waals surface area (Å²) in [4.78, 5) is 60.6. The van der Waals surface area contributed by atoms with E-state index in [1.54, 1.807) is 12.1 Å². The molecule has 2 amide bonds. The van der Waals surface area contributed by atoms with E-state index < -0.39 is 29.4 Å². The van der Waals surface area contributed by atoms with E-state index in [9.17, 15) is 20.4 Å². The van der Waals surface area contributed by atoms with Crippen LogP contribution in [-0.2, 0) is 19.3 Å². The van der Waals surface area contributed by atoms with E-state index in [1.807, 2.05) is 12.1 Å². The second-order valence-electron chi connectivity index (χ2n) is 22.0. The highest BCUT2D eigenvalue weighted by molar-refractivity contribution is 6.41. The second-order valence-corrected chi connectivity index (χ2v) is 24.5. The monoisotopic (exact) mass is 1300 g/mol. The van der Waals surface area contributed by atoms with Crippen molar-refractivity contribution in [1.29, 1.82) is 0 Å². The molecule has 0 fully saturated rings. The molecule has 8 aromatic rings. The number of carbonyl (C=O) groups excluding carboxylic acids is 2. The summed E-state index contributed by atoms with van der Waals surface area (Å²) >= 11 is 39.7. The number of amides is 2. The molecule has 8 N–H and O–H groups in total. The first-order valence-corrected chi connectivity index (χ1v) is 32.2. The quantitative estimate of drug-likeness (QED) is 0.0189. The molecule has 0 aliphatic carbocycles. The minimum Gasteiger partial charge on any atom is -0.494 e. The maximum Gasteiger partial charge on any atom is 0.277 e. The molecule has 464 valence electrons. The number of benzene rings is 4. The predicted molar refractivity (Wildman–Crippen MR) is 351 cm³/mol. The second kappa shape index (κ2) is 31.5. The van der Waals surface area contributed by atoms with Crippen molar-refractivity contribution >= 4 is 93.1 Å². The Balaban J connectivity index is 1.19. The van der Waals surface area contributed by atoms with Crippen LogP contribution in [0.25, 0.3) is 22.7 Å². The lowest BCUT2D eigenvalue weighted by Gasteiger charge is -2.18. The van der Waals surface area contributed by atoms with Crippen molar-refractivity contribution in [2.45, 2.75) is 162 Å². The van der Waals surface area contributed by atoms with E-state index in [-0.39, 0.29) is 110 Å². The van der Waals surface area contributed by atoms with Gasteiger partial charge in [0.05, 0.1) is 53.7 Å². The number of aryl methyl sites for hydroxylation is 2. The molecule has 0 saturated heterocycles. The van der Waals surface area contributed by atoms with Crippen LogP contribution in [0.2, 0.25) is 30.1 Å². The Labute approximate surface area is 535 Å². The highest BCUT2D eigenvalue weighted by Gasteiger charge is 2.30. The van der Waals surface area contributed by atoms with Gasteiger partial charge in [-0.1, -0.05) is 223 Å². The normalized spacial score (nSPS) is 11.5. The number of rotatable bonds is 32. The van der Waals surface area contributed by atoms with Crippen LogP contribution in [0.15, 0.2) is 94.5 Å². The molecular formula is C65H74Cl6N8O8. The van der Waals surface area contributed by atoms with Crippen molar-refractivity contribution in [1.82, 2.24) is 28.7 Å². The summed E-state index contributed by atoms with van der Waals surface area (Å²) < 4.78 is 4.31. The maximum absolute atomic E-state index is 15.2. The van der Waals surface area contributed by atoms with Gasteiger partial charge in [-0.2, -0.15) is 0 Å². The minimum atomic E-state index is -0.848. The molecule has 16 nitrogen and oxygen atoms in total. The van der Waals surface area contributed by atoms with Crippen molar-refractivity contribution in [2.75, 3.05) is 10.6 Å². The smallest absolute Gasteiger partial charge is 0.277 e. The SMILES string of the molecule is CCCCCCCCCCCCc1cccc(C(=O)Nc2[nH]n(-c3c(Cl)cc(Cl)cc3Cl)c(=O)c2Cc2c(NC(=O)c3cccc(CCCCCCCCCCCC)c3-n3c(O)ccc3O)[nH]n(-c3c(Cl)cc(Cl)cc3Cl)c2=O)c1-n1c(O)ccc1O. The third-order valence-corrected chi connectivity index (χ3v) is 17.3. The van der Waals surface area contributed by atoms with Gasteiger partial charge >= 0.3 is 0 Å². The van der Waals surface area contributed by atoms with Crippen LogP contribution in [0.3, 0.4) is 0 Å². The molecule has 0 spiro atoms. The first kappa shape index (κ1) is 66.3. The molecule has 0 radical (unpaired) electrons. The van der Waals surface area contributed by atoms with Crippen LogP contribution in [0.1, 0.15) is 185 Å². The minimum absolute atomic E-state index is 0.00146. The number of H-pyrrole nitrogens is 2. The van der Waals surface area contributed by atoms with E-state index in [4.69, 9.17) is 69.6 Å².